The number of carbonyl (C=O) groups is 1. The molecule has 0 spiro atoms. The molecule has 140 valence electrons. The summed E-state index contributed by atoms with van der Waals surface area (Å²) < 4.78 is 32.3. The number of hydrogen-bond acceptors (Lipinski definition) is 5. The highest BCUT2D eigenvalue weighted by Crippen LogP contribution is 2.32. The second kappa shape index (κ2) is 7.94. The van der Waals surface area contributed by atoms with Crippen LogP contribution in [0.1, 0.15) is 10.4 Å². The van der Waals surface area contributed by atoms with Crippen LogP contribution in [0.15, 0.2) is 47.4 Å². The van der Waals surface area contributed by atoms with Gasteiger partial charge in [-0.05, 0) is 30.3 Å². The van der Waals surface area contributed by atoms with Crippen molar-refractivity contribution in [2.75, 3.05) is 32.6 Å². The molecule has 26 heavy (non-hydrogen) atoms. The Hall–Kier alpha value is -2.29. The van der Waals surface area contributed by atoms with E-state index in [9.17, 15) is 13.2 Å². The van der Waals surface area contributed by atoms with Crippen LogP contribution in [-0.4, -0.2) is 47.7 Å². The van der Waals surface area contributed by atoms with Crippen LogP contribution in [0.5, 0.6) is 5.75 Å². The van der Waals surface area contributed by atoms with Crippen molar-refractivity contribution < 1.29 is 22.8 Å². The highest BCUT2D eigenvalue weighted by molar-refractivity contribution is 7.92. The van der Waals surface area contributed by atoms with Gasteiger partial charge in [-0.25, -0.2) is 13.5 Å². The number of hydrogen-bond donors (Lipinski definition) is 0. The SMILES string of the molecule is COc1ccccc1N(C)S(=O)(=O)c1ccc(Cl)c(C(=O)N(C)OC)c1. The number of sulfonamides is 1. The van der Waals surface area contributed by atoms with E-state index in [4.69, 9.17) is 21.2 Å². The zero-order valence-electron chi connectivity index (χ0n) is 14.8. The van der Waals surface area contributed by atoms with Gasteiger partial charge in [0.05, 0.1) is 35.4 Å². The van der Waals surface area contributed by atoms with Gasteiger partial charge in [-0.15, -0.1) is 0 Å². The molecule has 7 nitrogen and oxygen atoms in total. The summed E-state index contributed by atoms with van der Waals surface area (Å²) in [5.41, 5.74) is 0.386. The van der Waals surface area contributed by atoms with E-state index < -0.39 is 15.9 Å². The summed E-state index contributed by atoms with van der Waals surface area (Å²) in [4.78, 5) is 17.1. The summed E-state index contributed by atoms with van der Waals surface area (Å²) in [6.45, 7) is 0. The third kappa shape index (κ3) is 3.77. The molecular formula is C17H19ClN2O5S. The van der Waals surface area contributed by atoms with Crippen LogP contribution in [-0.2, 0) is 14.9 Å². The van der Waals surface area contributed by atoms with E-state index in [1.165, 1.54) is 46.5 Å². The Bertz CT molecular complexity index is 917. The molecule has 0 aliphatic carbocycles. The van der Waals surface area contributed by atoms with Crippen molar-refractivity contribution in [3.8, 4) is 5.75 Å². The normalized spacial score (nSPS) is 11.1. The first-order valence-corrected chi connectivity index (χ1v) is 9.29. The Kier molecular flexibility index (Phi) is 6.12. The van der Waals surface area contributed by atoms with Crippen LogP contribution < -0.4 is 9.04 Å². The van der Waals surface area contributed by atoms with Gasteiger partial charge in [0.25, 0.3) is 15.9 Å². The maximum Gasteiger partial charge on any atom is 0.278 e. The number of nitrogens with zero attached hydrogens (tertiary/aromatic N) is 2. The zero-order valence-corrected chi connectivity index (χ0v) is 16.3. The molecule has 0 aliphatic rings. The van der Waals surface area contributed by atoms with Crippen LogP contribution in [0.4, 0.5) is 5.69 Å². The number of methoxy groups -OCH3 is 1. The molecule has 0 unspecified atom stereocenters. The minimum atomic E-state index is -3.95. The minimum Gasteiger partial charge on any atom is -0.495 e. The molecule has 2 aromatic rings. The lowest BCUT2D eigenvalue weighted by Crippen LogP contribution is -2.28. The van der Waals surface area contributed by atoms with E-state index in [1.54, 1.807) is 24.3 Å². The molecule has 0 heterocycles. The Morgan fingerprint density at radius 3 is 2.35 bits per heavy atom. The quantitative estimate of drug-likeness (QED) is 0.699. The molecule has 2 aromatic carbocycles. The molecule has 2 rings (SSSR count). The summed E-state index contributed by atoms with van der Waals surface area (Å²) in [6, 6.07) is 10.6. The molecule has 0 saturated carbocycles. The molecule has 0 fully saturated rings. The second-order valence-electron chi connectivity index (χ2n) is 5.27. The van der Waals surface area contributed by atoms with Gasteiger partial charge in [-0.2, -0.15) is 0 Å². The van der Waals surface area contributed by atoms with Crippen molar-refractivity contribution in [3.05, 3.63) is 53.1 Å². The third-order valence-corrected chi connectivity index (χ3v) is 5.91. The third-order valence-electron chi connectivity index (χ3n) is 3.81. The Morgan fingerprint density at radius 1 is 1.08 bits per heavy atom. The van der Waals surface area contributed by atoms with Gasteiger partial charge in [0.2, 0.25) is 0 Å². The molecule has 1 amide bonds. The fourth-order valence-corrected chi connectivity index (χ4v) is 3.69. The summed E-state index contributed by atoms with van der Waals surface area (Å²) in [6.07, 6.45) is 0. The number of benzene rings is 2. The number of rotatable bonds is 6. The molecular weight excluding hydrogens is 380 g/mol. The van der Waals surface area contributed by atoms with E-state index >= 15 is 0 Å². The molecule has 0 aliphatic heterocycles. The lowest BCUT2D eigenvalue weighted by molar-refractivity contribution is -0.0757. The number of amides is 1. The van der Waals surface area contributed by atoms with Crippen molar-refractivity contribution in [1.29, 1.82) is 0 Å². The summed E-state index contributed by atoms with van der Waals surface area (Å²) >= 11 is 6.05. The number of halogens is 1. The van der Waals surface area contributed by atoms with Gasteiger partial charge < -0.3 is 4.74 Å². The number of carbonyl (C=O) groups excluding carboxylic acids is 1. The molecule has 0 N–H and O–H groups in total. The lowest BCUT2D eigenvalue weighted by Gasteiger charge is -2.22. The predicted octanol–water partition coefficient (Wildman–Crippen LogP) is 2.81. The van der Waals surface area contributed by atoms with E-state index in [1.807, 2.05) is 0 Å². The van der Waals surface area contributed by atoms with Crippen molar-refractivity contribution in [3.63, 3.8) is 0 Å². The summed E-state index contributed by atoms with van der Waals surface area (Å²) in [5, 5.41) is 1.08. The molecule has 0 aromatic heterocycles. The number of anilines is 1. The minimum absolute atomic E-state index is 0.0190. The van der Waals surface area contributed by atoms with Crippen molar-refractivity contribution >= 4 is 33.2 Å². The Morgan fingerprint density at radius 2 is 1.73 bits per heavy atom. The smallest absolute Gasteiger partial charge is 0.278 e. The zero-order chi connectivity index (χ0) is 19.5. The fourth-order valence-electron chi connectivity index (χ4n) is 2.26. The standard InChI is InChI=1S/C17H19ClN2O5S/c1-19(25-4)17(21)13-11-12(9-10-14(13)18)26(22,23)20(2)15-7-5-6-8-16(15)24-3/h5-11H,1-4H3. The second-order valence-corrected chi connectivity index (χ2v) is 7.65. The van der Waals surface area contributed by atoms with Gasteiger partial charge in [-0.3, -0.25) is 13.9 Å². The van der Waals surface area contributed by atoms with Crippen LogP contribution in [0.25, 0.3) is 0 Å². The average Bonchev–Trinajstić information content (AvgIpc) is 2.66. The molecule has 0 bridgehead atoms. The topological polar surface area (TPSA) is 76.2 Å². The summed E-state index contributed by atoms with van der Waals surface area (Å²) in [5.74, 6) is -0.155. The van der Waals surface area contributed by atoms with E-state index in [-0.39, 0.29) is 15.5 Å². The van der Waals surface area contributed by atoms with Crippen molar-refractivity contribution in [2.24, 2.45) is 0 Å². The molecule has 9 heteroatoms. The number of hydroxylamine groups is 2. The molecule has 0 saturated heterocycles. The van der Waals surface area contributed by atoms with Gasteiger partial charge in [0.15, 0.2) is 0 Å². The maximum absolute atomic E-state index is 13.0. The first-order chi connectivity index (χ1) is 12.2. The largest absolute Gasteiger partial charge is 0.495 e. The van der Waals surface area contributed by atoms with E-state index in [0.29, 0.717) is 11.4 Å². The van der Waals surface area contributed by atoms with Gasteiger partial charge in [0, 0.05) is 14.1 Å². The van der Waals surface area contributed by atoms with Gasteiger partial charge in [-0.1, -0.05) is 23.7 Å². The van der Waals surface area contributed by atoms with Crippen molar-refractivity contribution in [1.82, 2.24) is 5.06 Å². The van der Waals surface area contributed by atoms with Crippen LogP contribution >= 0.6 is 11.6 Å². The lowest BCUT2D eigenvalue weighted by atomic mass is 10.2. The number of ether oxygens (including phenoxy) is 1. The molecule has 0 atom stereocenters. The first kappa shape index (κ1) is 20.0. The van der Waals surface area contributed by atoms with Crippen LogP contribution in [0.3, 0.4) is 0 Å². The van der Waals surface area contributed by atoms with E-state index in [0.717, 1.165) is 9.37 Å². The van der Waals surface area contributed by atoms with Gasteiger partial charge in [0.1, 0.15) is 5.75 Å². The fraction of sp³-hybridized carbons (Fsp3) is 0.235. The predicted molar refractivity (Wildman–Crippen MR) is 99.1 cm³/mol. The van der Waals surface area contributed by atoms with Gasteiger partial charge >= 0.3 is 0 Å². The highest BCUT2D eigenvalue weighted by Gasteiger charge is 2.26. The Balaban J connectivity index is 2.51. The summed E-state index contributed by atoms with van der Waals surface area (Å²) in [7, 11) is 1.64. The van der Waals surface area contributed by atoms with Crippen LogP contribution in [0.2, 0.25) is 5.02 Å². The average molecular weight is 399 g/mol. The maximum atomic E-state index is 13.0. The Labute approximate surface area is 157 Å². The first-order valence-electron chi connectivity index (χ1n) is 7.47. The number of para-hydroxylation sites is 2. The molecule has 0 radical (unpaired) electrons. The van der Waals surface area contributed by atoms with Crippen LogP contribution in [0, 0.1) is 0 Å². The monoisotopic (exact) mass is 398 g/mol. The highest BCUT2D eigenvalue weighted by atomic mass is 35.5. The van der Waals surface area contributed by atoms with Crippen molar-refractivity contribution in [2.45, 2.75) is 4.90 Å². The van der Waals surface area contributed by atoms with E-state index in [2.05, 4.69) is 0 Å².